The summed E-state index contributed by atoms with van der Waals surface area (Å²) in [4.78, 5) is 12.4. The van der Waals surface area contributed by atoms with Gasteiger partial charge in [0.1, 0.15) is 5.82 Å². The van der Waals surface area contributed by atoms with E-state index < -0.39 is 0 Å². The van der Waals surface area contributed by atoms with Gasteiger partial charge in [0.15, 0.2) is 0 Å². The molecule has 88 valence electrons. The number of amides is 1. The number of rotatable bonds is 3. The second-order valence-electron chi connectivity index (χ2n) is 4.54. The van der Waals surface area contributed by atoms with Gasteiger partial charge in [0.05, 0.1) is 5.75 Å². The van der Waals surface area contributed by atoms with Crippen molar-refractivity contribution in [2.75, 3.05) is 5.75 Å². The third kappa shape index (κ3) is 5.16. The van der Waals surface area contributed by atoms with Gasteiger partial charge in [-0.1, -0.05) is 0 Å². The van der Waals surface area contributed by atoms with Crippen LogP contribution in [-0.2, 0) is 4.79 Å². The number of benzene rings is 1. The zero-order valence-corrected chi connectivity index (χ0v) is 10.5. The first-order chi connectivity index (χ1) is 7.37. The molecule has 1 amide bonds. The van der Waals surface area contributed by atoms with Gasteiger partial charge in [-0.3, -0.25) is 4.79 Å². The summed E-state index contributed by atoms with van der Waals surface area (Å²) in [5, 5.41) is 2.87. The molecular formula is C12H16FNOS. The molecule has 4 heteroatoms. The van der Waals surface area contributed by atoms with Crippen molar-refractivity contribution in [1.82, 2.24) is 5.32 Å². The van der Waals surface area contributed by atoms with E-state index in [1.165, 1.54) is 23.9 Å². The Morgan fingerprint density at radius 1 is 1.31 bits per heavy atom. The third-order valence-corrected chi connectivity index (χ3v) is 2.71. The second kappa shape index (κ2) is 5.34. The molecule has 0 atom stereocenters. The second-order valence-corrected chi connectivity index (χ2v) is 5.59. The summed E-state index contributed by atoms with van der Waals surface area (Å²) in [6.45, 7) is 5.81. The summed E-state index contributed by atoms with van der Waals surface area (Å²) < 4.78 is 12.6. The molecule has 0 heterocycles. The van der Waals surface area contributed by atoms with E-state index in [4.69, 9.17) is 0 Å². The molecule has 0 aliphatic rings. The van der Waals surface area contributed by atoms with Gasteiger partial charge in [-0.25, -0.2) is 4.39 Å². The highest BCUT2D eigenvalue weighted by Crippen LogP contribution is 2.17. The minimum atomic E-state index is -0.261. The van der Waals surface area contributed by atoms with Crippen molar-refractivity contribution in [3.63, 3.8) is 0 Å². The van der Waals surface area contributed by atoms with Gasteiger partial charge in [-0.15, -0.1) is 11.8 Å². The van der Waals surface area contributed by atoms with Crippen molar-refractivity contribution >= 4 is 17.7 Å². The Morgan fingerprint density at radius 3 is 2.38 bits per heavy atom. The van der Waals surface area contributed by atoms with Crippen LogP contribution in [0, 0.1) is 5.82 Å². The van der Waals surface area contributed by atoms with Crippen LogP contribution in [0.3, 0.4) is 0 Å². The average Bonchev–Trinajstić information content (AvgIpc) is 2.14. The van der Waals surface area contributed by atoms with Crippen LogP contribution in [0.4, 0.5) is 4.39 Å². The van der Waals surface area contributed by atoms with Crippen LogP contribution in [0.15, 0.2) is 29.2 Å². The summed E-state index contributed by atoms with van der Waals surface area (Å²) in [5.41, 5.74) is -0.208. The summed E-state index contributed by atoms with van der Waals surface area (Å²) in [7, 11) is 0. The quantitative estimate of drug-likeness (QED) is 0.824. The Labute approximate surface area is 99.6 Å². The van der Waals surface area contributed by atoms with Gasteiger partial charge in [0.2, 0.25) is 5.91 Å². The van der Waals surface area contributed by atoms with Crippen molar-refractivity contribution in [3.05, 3.63) is 30.1 Å². The van der Waals surface area contributed by atoms with Crippen molar-refractivity contribution in [3.8, 4) is 0 Å². The van der Waals surface area contributed by atoms with E-state index in [0.717, 1.165) is 4.90 Å². The normalized spacial score (nSPS) is 11.2. The minimum absolute atomic E-state index is 0.0122. The lowest BCUT2D eigenvalue weighted by atomic mass is 10.1. The fourth-order valence-electron chi connectivity index (χ4n) is 1.13. The lowest BCUT2D eigenvalue weighted by molar-refractivity contribution is -0.119. The van der Waals surface area contributed by atoms with Crippen molar-refractivity contribution in [2.24, 2.45) is 0 Å². The lowest BCUT2D eigenvalue weighted by Gasteiger charge is -2.20. The molecule has 0 unspecified atom stereocenters. The van der Waals surface area contributed by atoms with Crippen LogP contribution in [0.2, 0.25) is 0 Å². The monoisotopic (exact) mass is 241 g/mol. The molecule has 0 saturated carbocycles. The number of thioether (sulfide) groups is 1. The van der Waals surface area contributed by atoms with Crippen LogP contribution in [0.25, 0.3) is 0 Å². The smallest absolute Gasteiger partial charge is 0.230 e. The highest BCUT2D eigenvalue weighted by atomic mass is 32.2. The third-order valence-electron chi connectivity index (χ3n) is 1.70. The predicted molar refractivity (Wildman–Crippen MR) is 65.0 cm³/mol. The first-order valence-corrected chi connectivity index (χ1v) is 6.05. The summed E-state index contributed by atoms with van der Waals surface area (Å²) >= 11 is 1.40. The van der Waals surface area contributed by atoms with Gasteiger partial charge in [0.25, 0.3) is 0 Å². The molecule has 0 fully saturated rings. The molecule has 1 N–H and O–H groups in total. The van der Waals surface area contributed by atoms with Crippen LogP contribution in [0.5, 0.6) is 0 Å². The molecule has 1 aromatic rings. The average molecular weight is 241 g/mol. The van der Waals surface area contributed by atoms with E-state index in [1.807, 2.05) is 20.8 Å². The molecule has 0 radical (unpaired) electrons. The van der Waals surface area contributed by atoms with E-state index in [1.54, 1.807) is 12.1 Å². The van der Waals surface area contributed by atoms with Gasteiger partial charge < -0.3 is 5.32 Å². The van der Waals surface area contributed by atoms with Gasteiger partial charge in [0, 0.05) is 10.4 Å². The maximum absolute atomic E-state index is 12.6. The molecular weight excluding hydrogens is 225 g/mol. The van der Waals surface area contributed by atoms with Crippen molar-refractivity contribution in [2.45, 2.75) is 31.2 Å². The summed E-state index contributed by atoms with van der Waals surface area (Å²) in [5.74, 6) is 0.0772. The zero-order valence-electron chi connectivity index (χ0n) is 9.71. The summed E-state index contributed by atoms with van der Waals surface area (Å²) in [6, 6.07) is 6.13. The minimum Gasteiger partial charge on any atom is -0.351 e. The lowest BCUT2D eigenvalue weighted by Crippen LogP contribution is -2.41. The van der Waals surface area contributed by atoms with Gasteiger partial charge in [-0.2, -0.15) is 0 Å². The maximum atomic E-state index is 12.6. The molecule has 1 aromatic carbocycles. The molecule has 2 nitrogen and oxygen atoms in total. The van der Waals surface area contributed by atoms with Crippen molar-refractivity contribution < 1.29 is 9.18 Å². The Hall–Kier alpha value is -1.03. The SMILES string of the molecule is CC(C)(C)NC(=O)CSc1ccc(F)cc1. The molecule has 0 aromatic heterocycles. The molecule has 0 aliphatic heterocycles. The Kier molecular flexibility index (Phi) is 4.35. The van der Waals surface area contributed by atoms with Gasteiger partial charge in [-0.05, 0) is 45.0 Å². The fourth-order valence-corrected chi connectivity index (χ4v) is 1.83. The number of hydrogen-bond donors (Lipinski definition) is 1. The van der Waals surface area contributed by atoms with E-state index >= 15 is 0 Å². The largest absolute Gasteiger partial charge is 0.351 e. The van der Waals surface area contributed by atoms with Gasteiger partial charge >= 0.3 is 0 Å². The van der Waals surface area contributed by atoms with E-state index in [2.05, 4.69) is 5.32 Å². The number of carbonyl (C=O) groups excluding carboxylic acids is 1. The molecule has 0 spiro atoms. The Morgan fingerprint density at radius 2 is 1.88 bits per heavy atom. The van der Waals surface area contributed by atoms with Crippen LogP contribution in [0.1, 0.15) is 20.8 Å². The molecule has 1 rings (SSSR count). The highest BCUT2D eigenvalue weighted by molar-refractivity contribution is 8.00. The van der Waals surface area contributed by atoms with E-state index in [9.17, 15) is 9.18 Å². The first-order valence-electron chi connectivity index (χ1n) is 5.06. The number of nitrogens with one attached hydrogen (secondary N) is 1. The fraction of sp³-hybridized carbons (Fsp3) is 0.417. The zero-order chi connectivity index (χ0) is 12.2. The highest BCUT2D eigenvalue weighted by Gasteiger charge is 2.13. The summed E-state index contributed by atoms with van der Waals surface area (Å²) in [6.07, 6.45) is 0. The number of carbonyl (C=O) groups is 1. The van der Waals surface area contributed by atoms with E-state index in [-0.39, 0.29) is 17.3 Å². The molecule has 0 aliphatic carbocycles. The van der Waals surface area contributed by atoms with Crippen LogP contribution >= 0.6 is 11.8 Å². The first kappa shape index (κ1) is 13.0. The standard InChI is InChI=1S/C12H16FNOS/c1-12(2,3)14-11(15)8-16-10-6-4-9(13)5-7-10/h4-7H,8H2,1-3H3,(H,14,15). The maximum Gasteiger partial charge on any atom is 0.230 e. The Balaban J connectivity index is 2.40. The number of hydrogen-bond acceptors (Lipinski definition) is 2. The van der Waals surface area contributed by atoms with Crippen LogP contribution < -0.4 is 5.32 Å². The van der Waals surface area contributed by atoms with Crippen LogP contribution in [-0.4, -0.2) is 17.2 Å². The number of halogens is 1. The Bertz CT molecular complexity index is 356. The topological polar surface area (TPSA) is 29.1 Å². The predicted octanol–water partition coefficient (Wildman–Crippen LogP) is 2.83. The molecule has 16 heavy (non-hydrogen) atoms. The van der Waals surface area contributed by atoms with E-state index in [0.29, 0.717) is 5.75 Å². The molecule has 0 saturated heterocycles. The molecule has 0 bridgehead atoms. The van der Waals surface area contributed by atoms with Crippen molar-refractivity contribution in [1.29, 1.82) is 0 Å².